The smallest absolute Gasteiger partial charge is 0.335 e. The van der Waals surface area contributed by atoms with E-state index in [1.165, 1.54) is 6.20 Å². The fourth-order valence-corrected chi connectivity index (χ4v) is 0.779. The number of nitrogens with two attached hydrogens (primary N) is 1. The summed E-state index contributed by atoms with van der Waals surface area (Å²) in [6, 6.07) is 0. The first-order chi connectivity index (χ1) is 4.63. The molecule has 0 aliphatic carbocycles. The molecular formula is C4H4BrF2N3. The third kappa shape index (κ3) is 1.11. The third-order valence-corrected chi connectivity index (χ3v) is 1.58. The summed E-state index contributed by atoms with van der Waals surface area (Å²) in [5.74, 6) is -0.0602. The van der Waals surface area contributed by atoms with E-state index in [1.54, 1.807) is 0 Å². The van der Waals surface area contributed by atoms with Crippen LogP contribution in [0, 0.1) is 0 Å². The zero-order valence-corrected chi connectivity index (χ0v) is 6.35. The first-order valence-electron chi connectivity index (χ1n) is 2.39. The highest BCUT2D eigenvalue weighted by atomic mass is 79.9. The highest BCUT2D eigenvalue weighted by molar-refractivity contribution is 9.10. The topological polar surface area (TPSA) is 43.8 Å². The molecule has 1 aromatic heterocycles. The van der Waals surface area contributed by atoms with Gasteiger partial charge in [-0.3, -0.25) is 0 Å². The molecule has 0 saturated heterocycles. The monoisotopic (exact) mass is 211 g/mol. The molecule has 6 heteroatoms. The normalized spacial score (nSPS) is 10.8. The van der Waals surface area contributed by atoms with Gasteiger partial charge in [-0.05, 0) is 15.9 Å². The van der Waals surface area contributed by atoms with Crippen molar-refractivity contribution in [3.63, 3.8) is 0 Å². The second-order valence-electron chi connectivity index (χ2n) is 1.60. The van der Waals surface area contributed by atoms with Gasteiger partial charge >= 0.3 is 6.55 Å². The maximum Gasteiger partial charge on any atom is 0.335 e. The zero-order valence-electron chi connectivity index (χ0n) is 4.76. The van der Waals surface area contributed by atoms with Gasteiger partial charge in [0, 0.05) is 0 Å². The van der Waals surface area contributed by atoms with Crippen LogP contribution in [0.15, 0.2) is 10.7 Å². The summed E-state index contributed by atoms with van der Waals surface area (Å²) in [4.78, 5) is 0. The number of aromatic nitrogens is 2. The van der Waals surface area contributed by atoms with Crippen LogP contribution in [0.5, 0.6) is 0 Å². The van der Waals surface area contributed by atoms with Crippen molar-refractivity contribution in [1.82, 2.24) is 9.78 Å². The molecule has 0 unspecified atom stereocenters. The Kier molecular flexibility index (Phi) is 1.89. The Labute approximate surface area is 63.9 Å². The van der Waals surface area contributed by atoms with Crippen LogP contribution in [0.4, 0.5) is 14.6 Å². The van der Waals surface area contributed by atoms with Crippen LogP contribution >= 0.6 is 15.9 Å². The van der Waals surface area contributed by atoms with E-state index < -0.39 is 6.55 Å². The molecular weight excluding hydrogens is 208 g/mol. The molecule has 1 rings (SSSR count). The van der Waals surface area contributed by atoms with Crippen molar-refractivity contribution >= 4 is 21.7 Å². The van der Waals surface area contributed by atoms with Crippen LogP contribution < -0.4 is 5.73 Å². The van der Waals surface area contributed by atoms with E-state index in [1.807, 2.05) is 0 Å². The van der Waals surface area contributed by atoms with E-state index in [0.29, 0.717) is 9.15 Å². The van der Waals surface area contributed by atoms with Gasteiger partial charge in [-0.15, -0.1) is 0 Å². The molecule has 1 heterocycles. The first kappa shape index (κ1) is 7.46. The second-order valence-corrected chi connectivity index (χ2v) is 2.45. The van der Waals surface area contributed by atoms with Crippen molar-refractivity contribution in [1.29, 1.82) is 0 Å². The molecule has 1 aromatic rings. The van der Waals surface area contributed by atoms with Crippen LogP contribution in [0.1, 0.15) is 6.55 Å². The average molecular weight is 212 g/mol. The van der Waals surface area contributed by atoms with E-state index in [4.69, 9.17) is 5.73 Å². The van der Waals surface area contributed by atoms with E-state index in [0.717, 1.165) is 0 Å². The SMILES string of the molecule is Nc1c(Br)cnn1C(F)F. The molecule has 2 N–H and O–H groups in total. The molecule has 0 aromatic carbocycles. The largest absolute Gasteiger partial charge is 0.383 e. The van der Waals surface area contributed by atoms with Gasteiger partial charge in [0.1, 0.15) is 5.82 Å². The Balaban J connectivity index is 3.05. The lowest BCUT2D eigenvalue weighted by Crippen LogP contribution is -2.04. The Morgan fingerprint density at radius 3 is 2.50 bits per heavy atom. The van der Waals surface area contributed by atoms with Crippen molar-refractivity contribution < 1.29 is 8.78 Å². The molecule has 0 radical (unpaired) electrons. The maximum atomic E-state index is 11.8. The quantitative estimate of drug-likeness (QED) is 0.768. The maximum absolute atomic E-state index is 11.8. The van der Waals surface area contributed by atoms with Gasteiger partial charge in [-0.25, -0.2) is 0 Å². The van der Waals surface area contributed by atoms with E-state index in [-0.39, 0.29) is 5.82 Å². The van der Waals surface area contributed by atoms with Gasteiger partial charge in [0.2, 0.25) is 0 Å². The van der Waals surface area contributed by atoms with Gasteiger partial charge in [0.15, 0.2) is 0 Å². The number of alkyl halides is 2. The highest BCUT2D eigenvalue weighted by Crippen LogP contribution is 2.22. The van der Waals surface area contributed by atoms with Gasteiger partial charge in [0.25, 0.3) is 0 Å². The fraction of sp³-hybridized carbons (Fsp3) is 0.250. The molecule has 0 atom stereocenters. The number of nitrogen functional groups attached to an aromatic ring is 1. The van der Waals surface area contributed by atoms with Crippen LogP contribution in [0.3, 0.4) is 0 Å². The Hall–Kier alpha value is -0.650. The van der Waals surface area contributed by atoms with E-state index in [2.05, 4.69) is 21.0 Å². The minimum absolute atomic E-state index is 0.0602. The molecule has 0 amide bonds. The number of halogens is 3. The number of nitrogens with zero attached hydrogens (tertiary/aromatic N) is 2. The van der Waals surface area contributed by atoms with Crippen LogP contribution in [0.2, 0.25) is 0 Å². The predicted octanol–water partition coefficient (Wildman–Crippen LogP) is 1.62. The van der Waals surface area contributed by atoms with Crippen molar-refractivity contribution in [3.05, 3.63) is 10.7 Å². The first-order valence-corrected chi connectivity index (χ1v) is 3.19. The molecule has 3 nitrogen and oxygen atoms in total. The van der Waals surface area contributed by atoms with Crippen LogP contribution in [-0.4, -0.2) is 9.78 Å². The van der Waals surface area contributed by atoms with Gasteiger partial charge in [-0.2, -0.15) is 18.6 Å². The van der Waals surface area contributed by atoms with Crippen molar-refractivity contribution in [2.45, 2.75) is 6.55 Å². The van der Waals surface area contributed by atoms with Gasteiger partial charge in [-0.1, -0.05) is 0 Å². The lowest BCUT2D eigenvalue weighted by Gasteiger charge is -1.99. The van der Waals surface area contributed by atoms with Crippen molar-refractivity contribution in [2.24, 2.45) is 0 Å². The van der Waals surface area contributed by atoms with Crippen molar-refractivity contribution in [3.8, 4) is 0 Å². The summed E-state index contributed by atoms with van der Waals surface area (Å²) < 4.78 is 24.5. The average Bonchev–Trinajstić information content (AvgIpc) is 2.14. The van der Waals surface area contributed by atoms with Gasteiger partial charge < -0.3 is 5.73 Å². The predicted molar refractivity (Wildman–Crippen MR) is 35.6 cm³/mol. The summed E-state index contributed by atoms with van der Waals surface area (Å²) >= 11 is 2.94. The molecule has 0 spiro atoms. The molecule has 0 fully saturated rings. The highest BCUT2D eigenvalue weighted by Gasteiger charge is 2.11. The van der Waals surface area contributed by atoms with Crippen LogP contribution in [-0.2, 0) is 0 Å². The molecule has 0 saturated carbocycles. The third-order valence-electron chi connectivity index (χ3n) is 0.972. The van der Waals surface area contributed by atoms with Crippen LogP contribution in [0.25, 0.3) is 0 Å². The number of rotatable bonds is 1. The summed E-state index contributed by atoms with van der Waals surface area (Å²) in [5.41, 5.74) is 5.18. The molecule has 0 aliphatic rings. The minimum atomic E-state index is -2.67. The molecule has 10 heavy (non-hydrogen) atoms. The number of hydrogen-bond donors (Lipinski definition) is 1. The second kappa shape index (κ2) is 2.53. The van der Waals surface area contributed by atoms with Gasteiger partial charge in [0.05, 0.1) is 10.7 Å². The minimum Gasteiger partial charge on any atom is -0.383 e. The summed E-state index contributed by atoms with van der Waals surface area (Å²) in [7, 11) is 0. The summed E-state index contributed by atoms with van der Waals surface area (Å²) in [6.45, 7) is -2.67. The fourth-order valence-electron chi connectivity index (χ4n) is 0.506. The zero-order chi connectivity index (χ0) is 7.72. The summed E-state index contributed by atoms with van der Waals surface area (Å²) in [5, 5.41) is 3.31. The Bertz CT molecular complexity index is 234. The lowest BCUT2D eigenvalue weighted by atomic mass is 10.7. The Morgan fingerprint density at radius 1 is 1.70 bits per heavy atom. The van der Waals surface area contributed by atoms with E-state index in [9.17, 15) is 8.78 Å². The molecule has 56 valence electrons. The molecule has 0 aliphatic heterocycles. The standard InChI is InChI=1S/C4H4BrF2N3/c5-2-1-9-10(3(2)8)4(6)7/h1,4H,8H2. The summed E-state index contributed by atoms with van der Waals surface area (Å²) in [6.07, 6.45) is 1.22. The lowest BCUT2D eigenvalue weighted by molar-refractivity contribution is 0.0591. The van der Waals surface area contributed by atoms with E-state index >= 15 is 0 Å². The Morgan fingerprint density at radius 2 is 2.30 bits per heavy atom. The number of hydrogen-bond acceptors (Lipinski definition) is 2. The molecule has 0 bridgehead atoms. The number of anilines is 1. The van der Waals surface area contributed by atoms with Crippen molar-refractivity contribution in [2.75, 3.05) is 5.73 Å².